The first-order valence-corrected chi connectivity index (χ1v) is 4.71. The molecule has 0 saturated carbocycles. The lowest BCUT2D eigenvalue weighted by Gasteiger charge is -2.31. The second-order valence-corrected chi connectivity index (χ2v) is 4.06. The Morgan fingerprint density at radius 1 is 1.57 bits per heavy atom. The van der Waals surface area contributed by atoms with Crippen LogP contribution in [0.25, 0.3) is 0 Å². The van der Waals surface area contributed by atoms with Gasteiger partial charge < -0.3 is 10.0 Å². The molecule has 4 nitrogen and oxygen atoms in total. The molecule has 0 aromatic heterocycles. The van der Waals surface area contributed by atoms with Crippen LogP contribution in [0.4, 0.5) is 0 Å². The molecule has 1 amide bonds. The molecule has 0 aliphatic carbocycles. The van der Waals surface area contributed by atoms with Gasteiger partial charge in [0, 0.05) is 12.6 Å². The highest BCUT2D eigenvalue weighted by molar-refractivity contribution is 5.84. The lowest BCUT2D eigenvalue weighted by Crippen LogP contribution is -2.48. The fourth-order valence-electron chi connectivity index (χ4n) is 1.12. The standard InChI is InChI=1S/C10H18N2O2/c1-8(2)12(7-5-6-11)9(13)10(3,4)14/h8,14H,5,7H2,1-4H3. The van der Waals surface area contributed by atoms with Gasteiger partial charge in [0.15, 0.2) is 0 Å². The summed E-state index contributed by atoms with van der Waals surface area (Å²) in [4.78, 5) is 13.2. The van der Waals surface area contributed by atoms with Gasteiger partial charge in [-0.15, -0.1) is 0 Å². The minimum atomic E-state index is -1.36. The Morgan fingerprint density at radius 3 is 2.36 bits per heavy atom. The van der Waals surface area contributed by atoms with Gasteiger partial charge in [-0.3, -0.25) is 4.79 Å². The normalized spacial score (nSPS) is 11.2. The predicted octanol–water partition coefficient (Wildman–Crippen LogP) is 0.908. The van der Waals surface area contributed by atoms with E-state index >= 15 is 0 Å². The van der Waals surface area contributed by atoms with Crippen molar-refractivity contribution in [2.45, 2.75) is 45.8 Å². The quantitative estimate of drug-likeness (QED) is 0.730. The number of carbonyl (C=O) groups is 1. The Kier molecular flexibility index (Phi) is 4.58. The molecule has 0 unspecified atom stereocenters. The second-order valence-electron chi connectivity index (χ2n) is 4.06. The highest BCUT2D eigenvalue weighted by Crippen LogP contribution is 2.10. The first-order chi connectivity index (χ1) is 6.30. The van der Waals surface area contributed by atoms with Crippen LogP contribution in [-0.4, -0.2) is 34.1 Å². The smallest absolute Gasteiger partial charge is 0.254 e. The summed E-state index contributed by atoms with van der Waals surface area (Å²) in [5.74, 6) is -0.331. The van der Waals surface area contributed by atoms with Crippen molar-refractivity contribution in [2.75, 3.05) is 6.54 Å². The molecule has 4 heteroatoms. The van der Waals surface area contributed by atoms with Crippen LogP contribution in [0.15, 0.2) is 0 Å². The Balaban J connectivity index is 4.52. The minimum Gasteiger partial charge on any atom is -0.381 e. The third-order valence-electron chi connectivity index (χ3n) is 1.87. The highest BCUT2D eigenvalue weighted by atomic mass is 16.3. The summed E-state index contributed by atoms with van der Waals surface area (Å²) >= 11 is 0. The summed E-state index contributed by atoms with van der Waals surface area (Å²) in [6.07, 6.45) is 0.292. The molecular weight excluding hydrogens is 180 g/mol. The molecule has 0 saturated heterocycles. The maximum atomic E-state index is 11.7. The van der Waals surface area contributed by atoms with Crippen molar-refractivity contribution in [3.8, 4) is 6.07 Å². The molecular formula is C10H18N2O2. The maximum Gasteiger partial charge on any atom is 0.254 e. The first kappa shape index (κ1) is 12.9. The molecule has 80 valence electrons. The molecule has 0 aromatic carbocycles. The molecule has 0 spiro atoms. The van der Waals surface area contributed by atoms with Gasteiger partial charge in [-0.25, -0.2) is 0 Å². The van der Waals surface area contributed by atoms with Crippen molar-refractivity contribution >= 4 is 5.91 Å². The topological polar surface area (TPSA) is 64.3 Å². The number of nitrogens with zero attached hydrogens (tertiary/aromatic N) is 2. The average Bonchev–Trinajstić information content (AvgIpc) is 2.02. The number of aliphatic hydroxyl groups is 1. The van der Waals surface area contributed by atoms with Crippen LogP contribution < -0.4 is 0 Å². The van der Waals surface area contributed by atoms with E-state index in [2.05, 4.69) is 0 Å². The Labute approximate surface area is 85.1 Å². The van der Waals surface area contributed by atoms with E-state index in [4.69, 9.17) is 5.26 Å². The molecule has 0 rings (SSSR count). The molecule has 0 aromatic rings. The number of carbonyl (C=O) groups excluding carboxylic acids is 1. The van der Waals surface area contributed by atoms with Gasteiger partial charge in [0.1, 0.15) is 5.60 Å². The summed E-state index contributed by atoms with van der Waals surface area (Å²) in [7, 11) is 0. The van der Waals surface area contributed by atoms with Gasteiger partial charge >= 0.3 is 0 Å². The zero-order valence-electron chi connectivity index (χ0n) is 9.24. The van der Waals surface area contributed by atoms with Gasteiger partial charge in [0.2, 0.25) is 0 Å². The summed E-state index contributed by atoms with van der Waals surface area (Å²) < 4.78 is 0. The van der Waals surface area contributed by atoms with E-state index < -0.39 is 5.60 Å². The number of amides is 1. The van der Waals surface area contributed by atoms with Crippen LogP contribution in [-0.2, 0) is 4.79 Å². The van der Waals surface area contributed by atoms with Crippen LogP contribution in [0.2, 0.25) is 0 Å². The zero-order valence-corrected chi connectivity index (χ0v) is 9.24. The van der Waals surface area contributed by atoms with E-state index in [0.29, 0.717) is 13.0 Å². The predicted molar refractivity (Wildman–Crippen MR) is 53.4 cm³/mol. The van der Waals surface area contributed by atoms with Crippen molar-refractivity contribution < 1.29 is 9.90 Å². The zero-order chi connectivity index (χ0) is 11.4. The molecule has 0 atom stereocenters. The van der Waals surface area contributed by atoms with Gasteiger partial charge in [-0.05, 0) is 27.7 Å². The Hall–Kier alpha value is -1.08. The van der Waals surface area contributed by atoms with Crippen molar-refractivity contribution in [3.63, 3.8) is 0 Å². The van der Waals surface area contributed by atoms with Crippen molar-refractivity contribution in [2.24, 2.45) is 0 Å². The lowest BCUT2D eigenvalue weighted by atomic mass is 10.1. The fraction of sp³-hybridized carbons (Fsp3) is 0.800. The Morgan fingerprint density at radius 2 is 2.07 bits per heavy atom. The maximum absolute atomic E-state index is 11.7. The fourth-order valence-corrected chi connectivity index (χ4v) is 1.12. The van der Waals surface area contributed by atoms with E-state index in [-0.39, 0.29) is 11.9 Å². The first-order valence-electron chi connectivity index (χ1n) is 4.71. The number of rotatable bonds is 4. The van der Waals surface area contributed by atoms with Crippen molar-refractivity contribution in [3.05, 3.63) is 0 Å². The summed E-state index contributed by atoms with van der Waals surface area (Å²) in [5.41, 5.74) is -1.36. The minimum absolute atomic E-state index is 0.00211. The largest absolute Gasteiger partial charge is 0.381 e. The number of hydrogen-bond donors (Lipinski definition) is 1. The van der Waals surface area contributed by atoms with E-state index in [1.807, 2.05) is 19.9 Å². The molecule has 0 fully saturated rings. The molecule has 14 heavy (non-hydrogen) atoms. The monoisotopic (exact) mass is 198 g/mol. The summed E-state index contributed by atoms with van der Waals surface area (Å²) in [6.45, 7) is 7.01. The number of nitriles is 1. The van der Waals surface area contributed by atoms with Crippen LogP contribution >= 0.6 is 0 Å². The van der Waals surface area contributed by atoms with Crippen LogP contribution in [0.3, 0.4) is 0 Å². The van der Waals surface area contributed by atoms with E-state index in [0.717, 1.165) is 0 Å². The molecule has 0 heterocycles. The van der Waals surface area contributed by atoms with E-state index in [1.54, 1.807) is 0 Å². The molecule has 0 aliphatic rings. The van der Waals surface area contributed by atoms with Crippen molar-refractivity contribution in [1.82, 2.24) is 4.90 Å². The summed E-state index contributed by atoms with van der Waals surface area (Å²) in [6, 6.07) is 1.99. The molecule has 0 radical (unpaired) electrons. The van der Waals surface area contributed by atoms with Gasteiger partial charge in [0.05, 0.1) is 12.5 Å². The van der Waals surface area contributed by atoms with Gasteiger partial charge in [-0.1, -0.05) is 0 Å². The number of hydrogen-bond acceptors (Lipinski definition) is 3. The lowest BCUT2D eigenvalue weighted by molar-refractivity contribution is -0.149. The van der Waals surface area contributed by atoms with Crippen molar-refractivity contribution in [1.29, 1.82) is 5.26 Å². The van der Waals surface area contributed by atoms with Crippen LogP contribution in [0.5, 0.6) is 0 Å². The third kappa shape index (κ3) is 3.75. The third-order valence-corrected chi connectivity index (χ3v) is 1.87. The molecule has 0 bridgehead atoms. The van der Waals surface area contributed by atoms with E-state index in [1.165, 1.54) is 18.7 Å². The van der Waals surface area contributed by atoms with Crippen LogP contribution in [0, 0.1) is 11.3 Å². The molecule has 1 N–H and O–H groups in total. The second kappa shape index (κ2) is 4.97. The Bertz CT molecular complexity index is 235. The average molecular weight is 198 g/mol. The summed E-state index contributed by atoms with van der Waals surface area (Å²) in [5, 5.41) is 18.0. The van der Waals surface area contributed by atoms with Gasteiger partial charge in [-0.2, -0.15) is 5.26 Å². The van der Waals surface area contributed by atoms with Gasteiger partial charge in [0.25, 0.3) is 5.91 Å². The molecule has 0 aliphatic heterocycles. The highest BCUT2D eigenvalue weighted by Gasteiger charge is 2.30. The van der Waals surface area contributed by atoms with Crippen LogP contribution in [0.1, 0.15) is 34.1 Å². The van der Waals surface area contributed by atoms with E-state index in [9.17, 15) is 9.90 Å². The SMILES string of the molecule is CC(C)N(CCC#N)C(=O)C(C)(C)O.